The van der Waals surface area contributed by atoms with Crippen LogP contribution in [-0.2, 0) is 19.7 Å². The highest BCUT2D eigenvalue weighted by atomic mass is 35.5. The topological polar surface area (TPSA) is 53.1 Å². The van der Waals surface area contributed by atoms with Crippen molar-refractivity contribution in [2.75, 3.05) is 0 Å². The van der Waals surface area contributed by atoms with Crippen molar-refractivity contribution in [3.63, 3.8) is 0 Å². The molecule has 3 rings (SSSR count). The van der Waals surface area contributed by atoms with E-state index < -0.39 is 0 Å². The molecule has 0 bridgehead atoms. The molecule has 5 heteroatoms. The third-order valence-electron chi connectivity index (χ3n) is 3.74. The van der Waals surface area contributed by atoms with Crippen LogP contribution < -0.4 is 10.5 Å². The lowest BCUT2D eigenvalue weighted by atomic mass is 10.1. The van der Waals surface area contributed by atoms with E-state index in [1.54, 1.807) is 0 Å². The number of halogens is 1. The van der Waals surface area contributed by atoms with Crippen molar-refractivity contribution in [1.29, 1.82) is 0 Å². The van der Waals surface area contributed by atoms with Gasteiger partial charge in [0.25, 0.3) is 0 Å². The molecule has 0 atom stereocenters. The van der Waals surface area contributed by atoms with Crippen LogP contribution in [0.3, 0.4) is 0 Å². The molecule has 3 aromatic rings. The number of hydrogen-bond donors (Lipinski definition) is 1. The van der Waals surface area contributed by atoms with E-state index in [1.807, 2.05) is 47.4 Å². The lowest BCUT2D eigenvalue weighted by Crippen LogP contribution is -2.00. The fourth-order valence-electron chi connectivity index (χ4n) is 2.46. The third kappa shape index (κ3) is 4.37. The highest BCUT2D eigenvalue weighted by molar-refractivity contribution is 5.85. The predicted octanol–water partition coefficient (Wildman–Crippen LogP) is 4.03. The Kier molecular flexibility index (Phi) is 6.41. The van der Waals surface area contributed by atoms with E-state index in [4.69, 9.17) is 10.5 Å². The van der Waals surface area contributed by atoms with Crippen LogP contribution >= 0.6 is 12.4 Å². The summed E-state index contributed by atoms with van der Waals surface area (Å²) < 4.78 is 7.86. The monoisotopic (exact) mass is 343 g/mol. The number of aromatic nitrogens is 2. The van der Waals surface area contributed by atoms with Crippen molar-refractivity contribution in [1.82, 2.24) is 9.78 Å². The van der Waals surface area contributed by atoms with Crippen LogP contribution in [0.4, 0.5) is 0 Å². The number of rotatable bonds is 6. The van der Waals surface area contributed by atoms with E-state index in [1.165, 1.54) is 0 Å². The van der Waals surface area contributed by atoms with E-state index in [0.717, 1.165) is 34.5 Å². The summed E-state index contributed by atoms with van der Waals surface area (Å²) in [6, 6.07) is 16.3. The van der Waals surface area contributed by atoms with Gasteiger partial charge in [0, 0.05) is 24.8 Å². The zero-order chi connectivity index (χ0) is 16.1. The molecule has 1 heterocycles. The maximum atomic E-state index is 5.95. The minimum Gasteiger partial charge on any atom is -0.489 e. The van der Waals surface area contributed by atoms with Gasteiger partial charge in [-0.15, -0.1) is 12.4 Å². The van der Waals surface area contributed by atoms with Crippen molar-refractivity contribution < 1.29 is 4.74 Å². The summed E-state index contributed by atoms with van der Waals surface area (Å²) >= 11 is 0. The van der Waals surface area contributed by atoms with E-state index in [2.05, 4.69) is 30.2 Å². The molecule has 0 unspecified atom stereocenters. The second-order valence-electron chi connectivity index (χ2n) is 5.43. The van der Waals surface area contributed by atoms with Gasteiger partial charge in [-0.2, -0.15) is 5.10 Å². The van der Waals surface area contributed by atoms with E-state index >= 15 is 0 Å². The van der Waals surface area contributed by atoms with Crippen LogP contribution in [0.25, 0.3) is 11.1 Å². The second-order valence-corrected chi connectivity index (χ2v) is 5.43. The van der Waals surface area contributed by atoms with Gasteiger partial charge in [0.05, 0.1) is 6.20 Å². The van der Waals surface area contributed by atoms with Crippen molar-refractivity contribution in [3.8, 4) is 16.9 Å². The van der Waals surface area contributed by atoms with Crippen LogP contribution in [0.1, 0.15) is 18.1 Å². The largest absolute Gasteiger partial charge is 0.489 e. The van der Waals surface area contributed by atoms with Crippen molar-refractivity contribution >= 4 is 12.4 Å². The molecule has 2 N–H and O–H groups in total. The molecule has 2 aromatic carbocycles. The Morgan fingerprint density at radius 2 is 1.83 bits per heavy atom. The zero-order valence-electron chi connectivity index (χ0n) is 13.7. The minimum atomic E-state index is 0. The summed E-state index contributed by atoms with van der Waals surface area (Å²) in [5.74, 6) is 0.830. The molecule has 0 amide bonds. The molecular weight excluding hydrogens is 322 g/mol. The molecule has 0 radical (unpaired) electrons. The van der Waals surface area contributed by atoms with Gasteiger partial charge in [-0.05, 0) is 41.8 Å². The Morgan fingerprint density at radius 3 is 2.50 bits per heavy atom. The number of aryl methyl sites for hydroxylation is 1. The molecule has 0 fully saturated rings. The highest BCUT2D eigenvalue weighted by Crippen LogP contribution is 2.26. The molecular formula is C19H22ClN3O. The van der Waals surface area contributed by atoms with Gasteiger partial charge in [-0.1, -0.05) is 30.3 Å². The highest BCUT2D eigenvalue weighted by Gasteiger charge is 2.06. The summed E-state index contributed by atoms with van der Waals surface area (Å²) in [5, 5.41) is 4.33. The standard InChI is InChI=1S/C19H21N3O.ClH/c1-2-22-13-18(12-21-22)17-8-16(11-20)9-19(10-17)23-14-15-6-4-3-5-7-15;/h3-10,12-13H,2,11,14,20H2,1H3;1H. The molecule has 0 saturated heterocycles. The van der Waals surface area contributed by atoms with Gasteiger partial charge in [0.15, 0.2) is 0 Å². The summed E-state index contributed by atoms with van der Waals surface area (Å²) in [6.07, 6.45) is 3.91. The SMILES string of the molecule is CCn1cc(-c2cc(CN)cc(OCc3ccccc3)c2)cn1.Cl. The van der Waals surface area contributed by atoms with Crippen LogP contribution in [0.15, 0.2) is 60.9 Å². The Labute approximate surface area is 148 Å². The molecule has 24 heavy (non-hydrogen) atoms. The Hall–Kier alpha value is -2.30. The summed E-state index contributed by atoms with van der Waals surface area (Å²) in [6.45, 7) is 3.95. The van der Waals surface area contributed by atoms with E-state index in [0.29, 0.717) is 13.2 Å². The van der Waals surface area contributed by atoms with E-state index in [-0.39, 0.29) is 12.4 Å². The molecule has 0 aliphatic rings. The number of nitrogens with zero attached hydrogens (tertiary/aromatic N) is 2. The van der Waals surface area contributed by atoms with Crippen LogP contribution in [0.2, 0.25) is 0 Å². The smallest absolute Gasteiger partial charge is 0.120 e. The number of ether oxygens (including phenoxy) is 1. The first-order valence-electron chi connectivity index (χ1n) is 7.82. The average Bonchev–Trinajstić information content (AvgIpc) is 3.10. The molecule has 0 aliphatic heterocycles. The normalized spacial score (nSPS) is 10.2. The maximum absolute atomic E-state index is 5.95. The van der Waals surface area contributed by atoms with Crippen molar-refractivity contribution in [2.45, 2.75) is 26.6 Å². The summed E-state index contributed by atoms with van der Waals surface area (Å²) in [5.41, 5.74) is 10.2. The predicted molar refractivity (Wildman–Crippen MR) is 99.3 cm³/mol. The first-order chi connectivity index (χ1) is 11.3. The first-order valence-corrected chi connectivity index (χ1v) is 7.82. The molecule has 0 aliphatic carbocycles. The van der Waals surface area contributed by atoms with E-state index in [9.17, 15) is 0 Å². The van der Waals surface area contributed by atoms with Crippen LogP contribution in [-0.4, -0.2) is 9.78 Å². The Morgan fingerprint density at radius 1 is 1.04 bits per heavy atom. The Bertz CT molecular complexity index is 771. The number of nitrogens with two attached hydrogens (primary N) is 1. The molecule has 0 saturated carbocycles. The molecule has 126 valence electrons. The fraction of sp³-hybridized carbons (Fsp3) is 0.211. The Balaban J connectivity index is 0.00000208. The van der Waals surface area contributed by atoms with Crippen molar-refractivity contribution in [3.05, 3.63) is 72.1 Å². The van der Waals surface area contributed by atoms with Gasteiger partial charge < -0.3 is 10.5 Å². The van der Waals surface area contributed by atoms with Gasteiger partial charge in [0.2, 0.25) is 0 Å². The maximum Gasteiger partial charge on any atom is 0.120 e. The van der Waals surface area contributed by atoms with Gasteiger partial charge in [-0.25, -0.2) is 0 Å². The second kappa shape index (κ2) is 8.52. The number of hydrogen-bond acceptors (Lipinski definition) is 3. The first kappa shape index (κ1) is 18.0. The quantitative estimate of drug-likeness (QED) is 0.735. The van der Waals surface area contributed by atoms with Crippen molar-refractivity contribution in [2.24, 2.45) is 5.73 Å². The van der Waals surface area contributed by atoms with Crippen LogP contribution in [0, 0.1) is 0 Å². The van der Waals surface area contributed by atoms with Gasteiger partial charge in [-0.3, -0.25) is 4.68 Å². The summed E-state index contributed by atoms with van der Waals surface area (Å²) in [7, 11) is 0. The van der Waals surface area contributed by atoms with Gasteiger partial charge >= 0.3 is 0 Å². The molecule has 4 nitrogen and oxygen atoms in total. The number of benzene rings is 2. The fourth-order valence-corrected chi connectivity index (χ4v) is 2.46. The summed E-state index contributed by atoms with van der Waals surface area (Å²) in [4.78, 5) is 0. The average molecular weight is 344 g/mol. The van der Waals surface area contributed by atoms with Crippen LogP contribution in [0.5, 0.6) is 5.75 Å². The third-order valence-corrected chi connectivity index (χ3v) is 3.74. The zero-order valence-corrected chi connectivity index (χ0v) is 14.5. The minimum absolute atomic E-state index is 0. The molecule has 1 aromatic heterocycles. The van der Waals surface area contributed by atoms with Gasteiger partial charge in [0.1, 0.15) is 12.4 Å². The molecule has 0 spiro atoms. The lowest BCUT2D eigenvalue weighted by Gasteiger charge is -2.10. The lowest BCUT2D eigenvalue weighted by molar-refractivity contribution is 0.306.